The predicted molar refractivity (Wildman–Crippen MR) is 70.3 cm³/mol. The zero-order valence-corrected chi connectivity index (χ0v) is 9.84. The fourth-order valence-electron chi connectivity index (χ4n) is 2.05. The number of nitrogens with zero attached hydrogens (tertiary/aromatic N) is 2. The lowest BCUT2D eigenvalue weighted by Crippen LogP contribution is -2.11. The summed E-state index contributed by atoms with van der Waals surface area (Å²) in [5.74, 6) is 0. The molecule has 0 fully saturated rings. The van der Waals surface area contributed by atoms with Gasteiger partial charge in [0, 0.05) is 29.5 Å². The molecule has 0 saturated carbocycles. The van der Waals surface area contributed by atoms with Gasteiger partial charge in [0.05, 0.1) is 5.69 Å². The highest BCUT2D eigenvalue weighted by atomic mass is 16.1. The third kappa shape index (κ3) is 1.68. The first-order chi connectivity index (χ1) is 8.75. The van der Waals surface area contributed by atoms with E-state index in [2.05, 4.69) is 15.0 Å². The van der Waals surface area contributed by atoms with Crippen LogP contribution in [0.5, 0.6) is 0 Å². The minimum Gasteiger partial charge on any atom is -0.305 e. The number of hydrogen-bond acceptors (Lipinski definition) is 3. The Bertz CT molecular complexity index is 772. The van der Waals surface area contributed by atoms with Gasteiger partial charge >= 0.3 is 5.69 Å². The van der Waals surface area contributed by atoms with E-state index >= 15 is 0 Å². The van der Waals surface area contributed by atoms with Crippen molar-refractivity contribution in [1.29, 1.82) is 0 Å². The van der Waals surface area contributed by atoms with Crippen LogP contribution in [0.15, 0.2) is 47.7 Å². The summed E-state index contributed by atoms with van der Waals surface area (Å²) < 4.78 is 0. The minimum absolute atomic E-state index is 0.344. The SMILES string of the molecule is Cc1cnc(=O)[nH]c1-c1cncc2ccccc12. The number of aromatic amines is 1. The molecule has 3 rings (SSSR count). The van der Waals surface area contributed by atoms with E-state index < -0.39 is 0 Å². The van der Waals surface area contributed by atoms with E-state index in [9.17, 15) is 4.79 Å². The first kappa shape index (κ1) is 10.7. The Morgan fingerprint density at radius 2 is 1.94 bits per heavy atom. The van der Waals surface area contributed by atoms with Crippen molar-refractivity contribution >= 4 is 10.8 Å². The van der Waals surface area contributed by atoms with Gasteiger partial charge in [-0.15, -0.1) is 0 Å². The number of hydrogen-bond donors (Lipinski definition) is 1. The van der Waals surface area contributed by atoms with Gasteiger partial charge in [0.15, 0.2) is 0 Å². The largest absolute Gasteiger partial charge is 0.345 e. The molecule has 0 unspecified atom stereocenters. The molecule has 3 aromatic rings. The Labute approximate surface area is 103 Å². The summed E-state index contributed by atoms with van der Waals surface area (Å²) in [5.41, 5.74) is 2.28. The molecule has 0 radical (unpaired) electrons. The van der Waals surface area contributed by atoms with Crippen LogP contribution < -0.4 is 5.69 Å². The molecule has 0 aliphatic rings. The number of benzene rings is 1. The minimum atomic E-state index is -0.344. The average molecular weight is 237 g/mol. The van der Waals surface area contributed by atoms with E-state index in [1.54, 1.807) is 12.4 Å². The molecule has 2 aromatic heterocycles. The van der Waals surface area contributed by atoms with Crippen LogP contribution in [-0.4, -0.2) is 15.0 Å². The smallest absolute Gasteiger partial charge is 0.305 e. The number of nitrogens with one attached hydrogen (secondary N) is 1. The summed E-state index contributed by atoms with van der Waals surface area (Å²) >= 11 is 0. The lowest BCUT2D eigenvalue weighted by Gasteiger charge is -2.07. The van der Waals surface area contributed by atoms with Crippen molar-refractivity contribution in [3.05, 3.63) is 58.9 Å². The number of fused-ring (bicyclic) bond motifs is 1. The van der Waals surface area contributed by atoms with Gasteiger partial charge in [-0.3, -0.25) is 4.98 Å². The molecular weight excluding hydrogens is 226 g/mol. The van der Waals surface area contributed by atoms with Gasteiger partial charge in [-0.25, -0.2) is 9.78 Å². The van der Waals surface area contributed by atoms with E-state index in [0.29, 0.717) is 0 Å². The highest BCUT2D eigenvalue weighted by molar-refractivity contribution is 5.95. The second kappa shape index (κ2) is 4.07. The molecule has 1 aromatic carbocycles. The third-order valence-corrected chi connectivity index (χ3v) is 2.94. The summed E-state index contributed by atoms with van der Waals surface area (Å²) in [6.45, 7) is 1.92. The number of aryl methyl sites for hydroxylation is 1. The topological polar surface area (TPSA) is 58.6 Å². The molecule has 0 aliphatic carbocycles. The zero-order chi connectivity index (χ0) is 12.5. The summed E-state index contributed by atoms with van der Waals surface area (Å²) in [4.78, 5) is 22.1. The van der Waals surface area contributed by atoms with E-state index in [1.165, 1.54) is 0 Å². The Hall–Kier alpha value is -2.49. The molecule has 0 spiro atoms. The number of aromatic nitrogens is 3. The van der Waals surface area contributed by atoms with E-state index in [1.807, 2.05) is 37.4 Å². The Balaban J connectivity index is 2.38. The highest BCUT2D eigenvalue weighted by Gasteiger charge is 2.07. The molecule has 4 heteroatoms. The van der Waals surface area contributed by atoms with Gasteiger partial charge in [-0.05, 0) is 17.9 Å². The maximum Gasteiger partial charge on any atom is 0.345 e. The first-order valence-electron chi connectivity index (χ1n) is 5.65. The normalized spacial score (nSPS) is 10.7. The van der Waals surface area contributed by atoms with Gasteiger partial charge in [-0.2, -0.15) is 0 Å². The Kier molecular flexibility index (Phi) is 2.41. The van der Waals surface area contributed by atoms with Gasteiger partial charge in [0.2, 0.25) is 0 Å². The standard InChI is InChI=1S/C14H11N3O/c1-9-6-16-14(18)17-13(9)12-8-15-7-10-4-2-3-5-11(10)12/h2-8H,1H3,(H,16,17,18). The lowest BCUT2D eigenvalue weighted by molar-refractivity contribution is 1.06. The summed E-state index contributed by atoms with van der Waals surface area (Å²) in [7, 11) is 0. The maximum absolute atomic E-state index is 11.4. The van der Waals surface area contributed by atoms with Gasteiger partial charge in [0.1, 0.15) is 0 Å². The van der Waals surface area contributed by atoms with Crippen molar-refractivity contribution in [2.45, 2.75) is 6.92 Å². The summed E-state index contributed by atoms with van der Waals surface area (Å²) in [5, 5.41) is 2.12. The summed E-state index contributed by atoms with van der Waals surface area (Å²) in [6.07, 6.45) is 5.16. The van der Waals surface area contributed by atoms with E-state index in [4.69, 9.17) is 0 Å². The molecular formula is C14H11N3O. The van der Waals surface area contributed by atoms with E-state index in [0.717, 1.165) is 27.6 Å². The quantitative estimate of drug-likeness (QED) is 0.706. The van der Waals surface area contributed by atoms with Crippen LogP contribution in [0.3, 0.4) is 0 Å². The van der Waals surface area contributed by atoms with Crippen molar-refractivity contribution in [3.8, 4) is 11.3 Å². The maximum atomic E-state index is 11.4. The molecule has 0 aliphatic heterocycles. The average Bonchev–Trinajstić information content (AvgIpc) is 2.41. The van der Waals surface area contributed by atoms with Crippen LogP contribution in [0.4, 0.5) is 0 Å². The fraction of sp³-hybridized carbons (Fsp3) is 0.0714. The zero-order valence-electron chi connectivity index (χ0n) is 9.84. The van der Waals surface area contributed by atoms with E-state index in [-0.39, 0.29) is 5.69 Å². The van der Waals surface area contributed by atoms with Gasteiger partial charge in [-0.1, -0.05) is 24.3 Å². The molecule has 1 N–H and O–H groups in total. The van der Waals surface area contributed by atoms with Crippen LogP contribution >= 0.6 is 0 Å². The molecule has 4 nitrogen and oxygen atoms in total. The second-order valence-electron chi connectivity index (χ2n) is 4.15. The predicted octanol–water partition coefficient (Wildman–Crippen LogP) is 2.29. The third-order valence-electron chi connectivity index (χ3n) is 2.94. The van der Waals surface area contributed by atoms with Crippen molar-refractivity contribution < 1.29 is 0 Å². The number of H-pyrrole nitrogens is 1. The summed E-state index contributed by atoms with van der Waals surface area (Å²) in [6, 6.07) is 7.96. The van der Waals surface area contributed by atoms with Crippen LogP contribution in [0.2, 0.25) is 0 Å². The van der Waals surface area contributed by atoms with Crippen molar-refractivity contribution in [2.75, 3.05) is 0 Å². The Morgan fingerprint density at radius 1 is 1.11 bits per heavy atom. The first-order valence-corrected chi connectivity index (χ1v) is 5.65. The molecule has 88 valence electrons. The molecule has 0 atom stereocenters. The van der Waals surface area contributed by atoms with Crippen LogP contribution in [0, 0.1) is 6.92 Å². The van der Waals surface area contributed by atoms with Crippen LogP contribution in [0.25, 0.3) is 22.0 Å². The van der Waals surface area contributed by atoms with Crippen LogP contribution in [-0.2, 0) is 0 Å². The molecule has 0 amide bonds. The number of pyridine rings is 1. The second-order valence-corrected chi connectivity index (χ2v) is 4.15. The highest BCUT2D eigenvalue weighted by Crippen LogP contribution is 2.26. The van der Waals surface area contributed by atoms with Gasteiger partial charge < -0.3 is 4.98 Å². The molecule has 2 heterocycles. The number of rotatable bonds is 1. The van der Waals surface area contributed by atoms with Gasteiger partial charge in [0.25, 0.3) is 0 Å². The molecule has 0 saturated heterocycles. The monoisotopic (exact) mass is 237 g/mol. The van der Waals surface area contributed by atoms with Crippen molar-refractivity contribution in [2.24, 2.45) is 0 Å². The van der Waals surface area contributed by atoms with Crippen molar-refractivity contribution in [1.82, 2.24) is 15.0 Å². The lowest BCUT2D eigenvalue weighted by atomic mass is 10.0. The van der Waals surface area contributed by atoms with Crippen LogP contribution in [0.1, 0.15) is 5.56 Å². The Morgan fingerprint density at radius 3 is 2.83 bits per heavy atom. The molecule has 0 bridgehead atoms. The fourth-order valence-corrected chi connectivity index (χ4v) is 2.05. The molecule has 18 heavy (non-hydrogen) atoms. The van der Waals surface area contributed by atoms with Crippen molar-refractivity contribution in [3.63, 3.8) is 0 Å².